The van der Waals surface area contributed by atoms with Gasteiger partial charge in [-0.25, -0.2) is 5.10 Å². The number of H-pyrrole nitrogens is 2. The van der Waals surface area contributed by atoms with Crippen molar-refractivity contribution in [2.75, 3.05) is 5.84 Å². The Kier molecular flexibility index (Phi) is 4.96. The van der Waals surface area contributed by atoms with E-state index in [-0.39, 0.29) is 0 Å². The Labute approximate surface area is 158 Å². The molecule has 4 N–H and O–H groups in total. The van der Waals surface area contributed by atoms with E-state index >= 15 is 0 Å². The SMILES string of the molecule is Cc1cc(C)c(C)c(-[s+]2cc(Oc3ccccc3Br)[nH]n(N)[nH]2)c1C. The lowest BCUT2D eigenvalue weighted by molar-refractivity contribution is 0.439. The summed E-state index contributed by atoms with van der Waals surface area (Å²) in [6, 6.07) is 9.95. The third kappa shape index (κ3) is 3.62. The molecule has 5 nitrogen and oxygen atoms in total. The van der Waals surface area contributed by atoms with Crippen LogP contribution in [0.1, 0.15) is 22.3 Å². The lowest BCUT2D eigenvalue weighted by atomic mass is 10.0. The van der Waals surface area contributed by atoms with Crippen molar-refractivity contribution in [2.24, 2.45) is 0 Å². The standard InChI is InChI=1S/C18H22BrN4OS/c1-11-9-12(2)14(4)18(13(11)3)25-10-17(21-23(20)22-25)24-16-8-6-5-7-15(16)19/h5-10,21-22H,20H2,1-4H3/q+1. The summed E-state index contributed by atoms with van der Waals surface area (Å²) in [5, 5.41) is 5.02. The molecular formula is C18H22BrN4OS+. The maximum atomic E-state index is 6.01. The number of aryl methyl sites for hydroxylation is 2. The van der Waals surface area contributed by atoms with Gasteiger partial charge in [0, 0.05) is 11.1 Å². The Morgan fingerprint density at radius 2 is 1.72 bits per heavy atom. The van der Waals surface area contributed by atoms with Crippen molar-refractivity contribution in [1.29, 1.82) is 0 Å². The minimum Gasteiger partial charge on any atom is -0.434 e. The van der Waals surface area contributed by atoms with Gasteiger partial charge in [-0.2, -0.15) is 0 Å². The summed E-state index contributed by atoms with van der Waals surface area (Å²) in [5.74, 6) is 7.33. The van der Waals surface area contributed by atoms with Gasteiger partial charge in [0.2, 0.25) is 10.3 Å². The fourth-order valence-electron chi connectivity index (χ4n) is 2.72. The van der Waals surface area contributed by atoms with Gasteiger partial charge in [-0.3, -0.25) is 0 Å². The van der Waals surface area contributed by atoms with Crippen LogP contribution in [0.25, 0.3) is 4.90 Å². The number of para-hydroxylation sites is 1. The van der Waals surface area contributed by atoms with Gasteiger partial charge in [0.25, 0.3) is 5.88 Å². The molecule has 1 aromatic heterocycles. The number of nitrogens with zero attached hydrogens (tertiary/aromatic N) is 1. The lowest BCUT2D eigenvalue weighted by Gasteiger charge is -2.11. The summed E-state index contributed by atoms with van der Waals surface area (Å²) in [6.07, 6.45) is 0. The van der Waals surface area contributed by atoms with E-state index in [1.54, 1.807) is 0 Å². The highest BCUT2D eigenvalue weighted by Gasteiger charge is 2.21. The second-order valence-corrected chi connectivity index (χ2v) is 8.37. The third-order valence-electron chi connectivity index (χ3n) is 4.23. The third-order valence-corrected chi connectivity index (χ3v) is 6.78. The Bertz CT molecular complexity index is 936. The van der Waals surface area contributed by atoms with Gasteiger partial charge in [-0.05, 0) is 66.9 Å². The molecule has 0 saturated carbocycles. The van der Waals surface area contributed by atoms with Gasteiger partial charge in [-0.1, -0.05) is 27.6 Å². The maximum absolute atomic E-state index is 6.01. The molecule has 132 valence electrons. The highest BCUT2D eigenvalue weighted by molar-refractivity contribution is 9.10. The second kappa shape index (κ2) is 7.01. The van der Waals surface area contributed by atoms with Gasteiger partial charge in [0.1, 0.15) is 16.4 Å². The molecule has 0 saturated heterocycles. The van der Waals surface area contributed by atoms with E-state index in [0.717, 1.165) is 10.2 Å². The number of nitrogen functional groups attached to an aromatic ring is 1. The van der Waals surface area contributed by atoms with E-state index in [0.29, 0.717) is 5.88 Å². The number of aromatic nitrogens is 3. The van der Waals surface area contributed by atoms with Crippen molar-refractivity contribution < 1.29 is 4.74 Å². The van der Waals surface area contributed by atoms with Crippen molar-refractivity contribution in [2.45, 2.75) is 27.7 Å². The molecule has 3 rings (SSSR count). The number of halogens is 1. The van der Waals surface area contributed by atoms with Gasteiger partial charge in [0.15, 0.2) is 0 Å². The molecule has 0 aliphatic heterocycles. The Hall–Kier alpha value is -2.12. The van der Waals surface area contributed by atoms with Crippen LogP contribution in [-0.2, 0) is 0 Å². The topological polar surface area (TPSA) is 71.8 Å². The van der Waals surface area contributed by atoms with Gasteiger partial charge < -0.3 is 10.6 Å². The first-order chi connectivity index (χ1) is 11.9. The summed E-state index contributed by atoms with van der Waals surface area (Å²) in [6.45, 7) is 8.58. The Balaban J connectivity index is 2.11. The molecule has 2 aromatic carbocycles. The zero-order chi connectivity index (χ0) is 18.1. The maximum Gasteiger partial charge on any atom is 0.271 e. The van der Waals surface area contributed by atoms with Crippen molar-refractivity contribution >= 4 is 26.6 Å². The number of hydrogen-bond donors (Lipinski definition) is 3. The number of hydrogen-bond acceptors (Lipinski definition) is 2. The number of rotatable bonds is 3. The molecule has 0 spiro atoms. The molecule has 0 fully saturated rings. The predicted molar refractivity (Wildman–Crippen MR) is 108 cm³/mol. The van der Waals surface area contributed by atoms with E-state index in [9.17, 15) is 0 Å². The number of nitrogens with two attached hydrogens (primary N) is 1. The first kappa shape index (κ1) is 17.7. The van der Waals surface area contributed by atoms with E-state index in [2.05, 4.69) is 59.3 Å². The molecule has 0 bridgehead atoms. The average molecular weight is 422 g/mol. The van der Waals surface area contributed by atoms with Crippen LogP contribution < -0.4 is 10.6 Å². The first-order valence-electron chi connectivity index (χ1n) is 7.89. The zero-order valence-electron chi connectivity index (χ0n) is 14.7. The summed E-state index contributed by atoms with van der Waals surface area (Å²) >= 11 is 3.50. The molecular weight excluding hydrogens is 400 g/mol. The van der Waals surface area contributed by atoms with Crippen LogP contribution >= 0.6 is 26.6 Å². The van der Waals surface area contributed by atoms with Crippen LogP contribution in [0, 0.1) is 27.7 Å². The highest BCUT2D eigenvalue weighted by Crippen LogP contribution is 2.38. The van der Waals surface area contributed by atoms with Crippen LogP contribution in [-0.4, -0.2) is 14.5 Å². The van der Waals surface area contributed by atoms with Crippen LogP contribution in [0.5, 0.6) is 11.6 Å². The smallest absolute Gasteiger partial charge is 0.271 e. The summed E-state index contributed by atoms with van der Waals surface area (Å²) in [4.78, 5) is 2.61. The van der Waals surface area contributed by atoms with Gasteiger partial charge in [-0.15, -0.1) is 0 Å². The van der Waals surface area contributed by atoms with Crippen molar-refractivity contribution in [1.82, 2.24) is 14.5 Å². The molecule has 7 heteroatoms. The normalized spacial score (nSPS) is 11.5. The minimum absolute atomic E-state index is 0.406. The quantitative estimate of drug-likeness (QED) is 0.385. The first-order valence-corrected chi connectivity index (χ1v) is 9.97. The number of benzene rings is 2. The van der Waals surface area contributed by atoms with E-state index in [1.165, 1.54) is 32.1 Å². The molecule has 0 radical (unpaired) electrons. The Morgan fingerprint density at radius 3 is 2.36 bits per heavy atom. The number of aromatic amines is 2. The average Bonchev–Trinajstić information content (AvgIpc) is 2.55. The van der Waals surface area contributed by atoms with Crippen LogP contribution in [0.15, 0.2) is 40.2 Å². The van der Waals surface area contributed by atoms with Crippen LogP contribution in [0.2, 0.25) is 0 Å². The highest BCUT2D eigenvalue weighted by atomic mass is 79.9. The summed E-state index contributed by atoms with van der Waals surface area (Å²) in [5.41, 5.74) is 5.09. The molecule has 0 aliphatic carbocycles. The van der Waals surface area contributed by atoms with Crippen molar-refractivity contribution in [3.05, 3.63) is 62.4 Å². The fraction of sp³-hybridized carbons (Fsp3) is 0.222. The van der Waals surface area contributed by atoms with Gasteiger partial charge in [0.05, 0.1) is 4.47 Å². The van der Waals surface area contributed by atoms with E-state index in [1.807, 2.05) is 29.6 Å². The zero-order valence-corrected chi connectivity index (χ0v) is 17.1. The molecule has 0 amide bonds. The molecule has 1 atom stereocenters. The second-order valence-electron chi connectivity index (χ2n) is 6.01. The predicted octanol–water partition coefficient (Wildman–Crippen LogP) is 5.51. The fourth-order valence-corrected chi connectivity index (χ4v) is 4.90. The Morgan fingerprint density at radius 1 is 1.08 bits per heavy atom. The van der Waals surface area contributed by atoms with E-state index < -0.39 is 10.7 Å². The molecule has 1 heterocycles. The molecule has 0 aliphatic rings. The number of ether oxygens (including phenoxy) is 1. The van der Waals surface area contributed by atoms with Crippen molar-refractivity contribution in [3.63, 3.8) is 0 Å². The number of nitrogens with one attached hydrogen (secondary N) is 2. The van der Waals surface area contributed by atoms with Crippen molar-refractivity contribution in [3.8, 4) is 16.5 Å². The largest absolute Gasteiger partial charge is 0.434 e. The molecule has 1 unspecified atom stereocenters. The van der Waals surface area contributed by atoms with Crippen LogP contribution in [0.3, 0.4) is 0 Å². The van der Waals surface area contributed by atoms with Crippen LogP contribution in [0.4, 0.5) is 0 Å². The van der Waals surface area contributed by atoms with E-state index in [4.69, 9.17) is 10.6 Å². The lowest BCUT2D eigenvalue weighted by Crippen LogP contribution is -2.17. The monoisotopic (exact) mass is 421 g/mol. The minimum atomic E-state index is -0.406. The summed E-state index contributed by atoms with van der Waals surface area (Å²) < 4.78 is 10.1. The van der Waals surface area contributed by atoms with Gasteiger partial charge >= 0.3 is 0 Å². The molecule has 25 heavy (non-hydrogen) atoms. The molecule has 3 aromatic rings. The summed E-state index contributed by atoms with van der Waals surface area (Å²) in [7, 11) is -0.406.